The van der Waals surface area contributed by atoms with Gasteiger partial charge in [-0.15, -0.1) is 11.6 Å². The largest absolute Gasteiger partial charge is 0.497 e. The third kappa shape index (κ3) is 3.30. The average molecular weight is 271 g/mol. The van der Waals surface area contributed by atoms with Gasteiger partial charge >= 0.3 is 0 Å². The molecule has 1 aromatic carbocycles. The Hall–Kier alpha value is -0.870. The predicted octanol–water partition coefficient (Wildman–Crippen LogP) is 3.68. The van der Waals surface area contributed by atoms with E-state index in [1.165, 1.54) is 0 Å². The molecule has 0 bridgehead atoms. The number of aromatic nitrogens is 2. The van der Waals surface area contributed by atoms with Gasteiger partial charge in [-0.2, -0.15) is 0 Å². The second-order valence-corrected chi connectivity index (χ2v) is 5.13. The molecule has 5 heteroatoms. The Kier molecular flexibility index (Phi) is 4.57. The van der Waals surface area contributed by atoms with Crippen molar-refractivity contribution in [1.82, 2.24) is 9.97 Å². The minimum atomic E-state index is 0.734. The maximum atomic E-state index is 5.63. The van der Waals surface area contributed by atoms with Crippen molar-refractivity contribution in [2.45, 2.75) is 18.0 Å². The number of halogens is 1. The standard InChI is InChI=1S/C12H15ClN2OS/c1-16-9-4-5-10-11(8-9)15-12(14-10)17-7-3-2-6-13/h4-5,8H,2-3,6-7H2,1H3,(H,14,15). The van der Waals surface area contributed by atoms with Gasteiger partial charge in [-0.3, -0.25) is 0 Å². The first-order valence-corrected chi connectivity index (χ1v) is 7.08. The number of benzene rings is 1. The molecular formula is C12H15ClN2OS. The zero-order valence-corrected chi connectivity index (χ0v) is 11.3. The highest BCUT2D eigenvalue weighted by atomic mass is 35.5. The van der Waals surface area contributed by atoms with Gasteiger partial charge in [-0.1, -0.05) is 11.8 Å². The van der Waals surface area contributed by atoms with Crippen molar-refractivity contribution < 1.29 is 4.74 Å². The second kappa shape index (κ2) is 6.17. The van der Waals surface area contributed by atoms with Crippen LogP contribution in [0.1, 0.15) is 12.8 Å². The van der Waals surface area contributed by atoms with Gasteiger partial charge in [-0.25, -0.2) is 4.98 Å². The van der Waals surface area contributed by atoms with Crippen LogP contribution in [0.3, 0.4) is 0 Å². The van der Waals surface area contributed by atoms with E-state index in [0.29, 0.717) is 0 Å². The zero-order valence-electron chi connectivity index (χ0n) is 9.70. The summed E-state index contributed by atoms with van der Waals surface area (Å²) in [5.74, 6) is 2.63. The van der Waals surface area contributed by atoms with Crippen molar-refractivity contribution in [2.75, 3.05) is 18.7 Å². The van der Waals surface area contributed by atoms with Gasteiger partial charge in [0.1, 0.15) is 5.75 Å². The number of ether oxygens (including phenoxy) is 1. The van der Waals surface area contributed by atoms with Gasteiger partial charge in [0.15, 0.2) is 5.16 Å². The molecule has 0 aliphatic heterocycles. The SMILES string of the molecule is COc1ccc2nc(SCCCCCl)[nH]c2c1. The zero-order chi connectivity index (χ0) is 12.1. The molecule has 1 aromatic heterocycles. The van der Waals surface area contributed by atoms with Gasteiger partial charge in [0.05, 0.1) is 18.1 Å². The topological polar surface area (TPSA) is 37.9 Å². The van der Waals surface area contributed by atoms with Crippen molar-refractivity contribution in [1.29, 1.82) is 0 Å². The highest BCUT2D eigenvalue weighted by molar-refractivity contribution is 7.99. The van der Waals surface area contributed by atoms with Crippen molar-refractivity contribution in [3.05, 3.63) is 18.2 Å². The Morgan fingerprint density at radius 3 is 3.06 bits per heavy atom. The van der Waals surface area contributed by atoms with Crippen LogP contribution in [0.5, 0.6) is 5.75 Å². The van der Waals surface area contributed by atoms with E-state index in [1.54, 1.807) is 18.9 Å². The lowest BCUT2D eigenvalue weighted by Gasteiger charge is -1.96. The quantitative estimate of drug-likeness (QED) is 0.494. The number of nitrogens with one attached hydrogen (secondary N) is 1. The normalized spacial score (nSPS) is 10.9. The summed E-state index contributed by atoms with van der Waals surface area (Å²) in [5.41, 5.74) is 2.00. The van der Waals surface area contributed by atoms with Gasteiger partial charge in [0.25, 0.3) is 0 Å². The van der Waals surface area contributed by atoms with Crippen molar-refractivity contribution in [3.63, 3.8) is 0 Å². The number of rotatable bonds is 6. The third-order valence-corrected chi connectivity index (χ3v) is 3.66. The number of imidazole rings is 1. The predicted molar refractivity (Wildman–Crippen MR) is 73.3 cm³/mol. The highest BCUT2D eigenvalue weighted by Gasteiger charge is 2.04. The number of H-pyrrole nitrogens is 1. The molecule has 2 rings (SSSR count). The van der Waals surface area contributed by atoms with E-state index in [2.05, 4.69) is 9.97 Å². The molecule has 0 unspecified atom stereocenters. The molecule has 0 radical (unpaired) electrons. The molecule has 2 aromatic rings. The molecule has 0 atom stereocenters. The van der Waals surface area contributed by atoms with Crippen LogP contribution in [0, 0.1) is 0 Å². The molecule has 1 heterocycles. The third-order valence-electron chi connectivity index (χ3n) is 2.43. The van der Waals surface area contributed by atoms with Gasteiger partial charge in [-0.05, 0) is 25.0 Å². The monoisotopic (exact) mass is 270 g/mol. The second-order valence-electron chi connectivity index (χ2n) is 3.67. The van der Waals surface area contributed by atoms with E-state index >= 15 is 0 Å². The van der Waals surface area contributed by atoms with Gasteiger partial charge < -0.3 is 9.72 Å². The number of nitrogens with zero attached hydrogens (tertiary/aromatic N) is 1. The Labute approximate surface area is 110 Å². The Morgan fingerprint density at radius 2 is 2.29 bits per heavy atom. The molecule has 0 amide bonds. The highest BCUT2D eigenvalue weighted by Crippen LogP contribution is 2.23. The first-order valence-electron chi connectivity index (χ1n) is 5.56. The average Bonchev–Trinajstić information content (AvgIpc) is 2.76. The summed E-state index contributed by atoms with van der Waals surface area (Å²) in [6.07, 6.45) is 2.18. The number of alkyl halides is 1. The first kappa shape index (κ1) is 12.6. The Morgan fingerprint density at radius 1 is 1.41 bits per heavy atom. The first-order chi connectivity index (χ1) is 8.33. The number of thioether (sulfide) groups is 1. The molecule has 92 valence electrons. The lowest BCUT2D eigenvalue weighted by Crippen LogP contribution is -1.82. The molecule has 17 heavy (non-hydrogen) atoms. The van der Waals surface area contributed by atoms with Crippen LogP contribution in [-0.4, -0.2) is 28.7 Å². The molecule has 3 nitrogen and oxygen atoms in total. The fourth-order valence-electron chi connectivity index (χ4n) is 1.53. The van der Waals surface area contributed by atoms with E-state index in [9.17, 15) is 0 Å². The summed E-state index contributed by atoms with van der Waals surface area (Å²) < 4.78 is 5.18. The molecular weight excluding hydrogens is 256 g/mol. The van der Waals surface area contributed by atoms with Crippen LogP contribution in [0.2, 0.25) is 0 Å². The van der Waals surface area contributed by atoms with Crippen LogP contribution in [-0.2, 0) is 0 Å². The minimum Gasteiger partial charge on any atom is -0.497 e. The summed E-state index contributed by atoms with van der Waals surface area (Å²) in [4.78, 5) is 7.79. The molecule has 0 fully saturated rings. The summed E-state index contributed by atoms with van der Waals surface area (Å²) in [6, 6.07) is 5.85. The number of aromatic amines is 1. The molecule has 0 aliphatic carbocycles. The number of unbranched alkanes of at least 4 members (excludes halogenated alkanes) is 1. The van der Waals surface area contributed by atoms with Gasteiger partial charge in [0.2, 0.25) is 0 Å². The fourth-order valence-corrected chi connectivity index (χ4v) is 2.60. The Bertz CT molecular complexity index is 486. The Balaban J connectivity index is 2.04. The molecule has 0 spiro atoms. The lowest BCUT2D eigenvalue weighted by atomic mass is 10.3. The minimum absolute atomic E-state index is 0.734. The summed E-state index contributed by atoms with van der Waals surface area (Å²) in [7, 11) is 1.67. The molecule has 0 saturated heterocycles. The van der Waals surface area contributed by atoms with E-state index in [4.69, 9.17) is 16.3 Å². The maximum absolute atomic E-state index is 5.63. The van der Waals surface area contributed by atoms with E-state index < -0.39 is 0 Å². The molecule has 1 N–H and O–H groups in total. The van der Waals surface area contributed by atoms with Crippen molar-refractivity contribution in [2.24, 2.45) is 0 Å². The summed E-state index contributed by atoms with van der Waals surface area (Å²) in [6.45, 7) is 0. The van der Waals surface area contributed by atoms with Crippen LogP contribution in [0.15, 0.2) is 23.4 Å². The van der Waals surface area contributed by atoms with E-state index in [0.717, 1.165) is 46.4 Å². The van der Waals surface area contributed by atoms with Crippen molar-refractivity contribution >= 4 is 34.4 Å². The smallest absolute Gasteiger partial charge is 0.166 e. The number of hydrogen-bond donors (Lipinski definition) is 1. The summed E-state index contributed by atoms with van der Waals surface area (Å²) in [5, 5.41) is 0.961. The van der Waals surface area contributed by atoms with Crippen molar-refractivity contribution in [3.8, 4) is 5.75 Å². The summed E-state index contributed by atoms with van der Waals surface area (Å²) >= 11 is 7.37. The maximum Gasteiger partial charge on any atom is 0.166 e. The molecule has 0 aliphatic rings. The van der Waals surface area contributed by atoms with Crippen LogP contribution in [0.25, 0.3) is 11.0 Å². The van der Waals surface area contributed by atoms with Crippen LogP contribution < -0.4 is 4.74 Å². The fraction of sp³-hybridized carbons (Fsp3) is 0.417. The van der Waals surface area contributed by atoms with Crippen LogP contribution >= 0.6 is 23.4 Å². The number of hydrogen-bond acceptors (Lipinski definition) is 3. The number of fused-ring (bicyclic) bond motifs is 1. The lowest BCUT2D eigenvalue weighted by molar-refractivity contribution is 0.415. The number of methoxy groups -OCH3 is 1. The van der Waals surface area contributed by atoms with E-state index in [-0.39, 0.29) is 0 Å². The molecule has 0 saturated carbocycles. The van der Waals surface area contributed by atoms with Gasteiger partial charge in [0, 0.05) is 17.7 Å². The van der Waals surface area contributed by atoms with E-state index in [1.807, 2.05) is 18.2 Å². The van der Waals surface area contributed by atoms with Crippen LogP contribution in [0.4, 0.5) is 0 Å².